The molecule has 0 radical (unpaired) electrons. The molecule has 1 rings (SSSR count). The van der Waals surface area contributed by atoms with Crippen molar-refractivity contribution in [3.8, 4) is 0 Å². The minimum atomic E-state index is -0.456. The summed E-state index contributed by atoms with van der Waals surface area (Å²) in [5, 5.41) is 0. The highest BCUT2D eigenvalue weighted by Gasteiger charge is 2.38. The highest BCUT2D eigenvalue weighted by molar-refractivity contribution is 5.62. The van der Waals surface area contributed by atoms with E-state index in [0.717, 1.165) is 37.9 Å². The number of hydrogen-bond acceptors (Lipinski definition) is 2. The predicted octanol–water partition coefficient (Wildman–Crippen LogP) is 2.81. The number of rotatable bonds is 4. The van der Waals surface area contributed by atoms with Gasteiger partial charge in [0, 0.05) is 6.61 Å². The lowest BCUT2D eigenvalue weighted by atomic mass is 9.73. The van der Waals surface area contributed by atoms with E-state index in [0.29, 0.717) is 12.5 Å². The van der Waals surface area contributed by atoms with Gasteiger partial charge in [-0.3, -0.25) is 0 Å². The van der Waals surface area contributed by atoms with Crippen LogP contribution in [-0.4, -0.2) is 18.5 Å². The molecule has 1 aliphatic rings. The number of ether oxygens (including phenoxy) is 1. The predicted molar refractivity (Wildman–Crippen MR) is 57.2 cm³/mol. The van der Waals surface area contributed by atoms with Crippen molar-refractivity contribution in [2.75, 3.05) is 6.61 Å². The molecule has 0 N–H and O–H groups in total. The van der Waals surface area contributed by atoms with Crippen LogP contribution in [0.25, 0.3) is 0 Å². The molecular formula is C12H22O2. The van der Waals surface area contributed by atoms with Crippen molar-refractivity contribution in [2.24, 2.45) is 11.8 Å². The molecule has 0 spiro atoms. The number of carbonyl (C=O) groups excluding carboxylic acids is 1. The molecule has 3 atom stereocenters. The third-order valence-corrected chi connectivity index (χ3v) is 3.47. The van der Waals surface area contributed by atoms with Crippen molar-refractivity contribution in [1.82, 2.24) is 0 Å². The molecule has 0 aliphatic heterocycles. The molecule has 0 aromatic rings. The summed E-state index contributed by atoms with van der Waals surface area (Å²) >= 11 is 0. The third-order valence-electron chi connectivity index (χ3n) is 3.47. The molecule has 0 bridgehead atoms. The highest BCUT2D eigenvalue weighted by atomic mass is 16.5. The van der Waals surface area contributed by atoms with Gasteiger partial charge in [-0.2, -0.15) is 0 Å². The maximum Gasteiger partial charge on any atom is 0.151 e. The summed E-state index contributed by atoms with van der Waals surface area (Å²) in [4.78, 5) is 11.1. The molecule has 0 aromatic heterocycles. The summed E-state index contributed by atoms with van der Waals surface area (Å²) < 4.78 is 5.72. The molecule has 0 aromatic carbocycles. The van der Waals surface area contributed by atoms with Gasteiger partial charge in [0.15, 0.2) is 6.29 Å². The second-order valence-electron chi connectivity index (χ2n) is 4.73. The fraction of sp³-hybridized carbons (Fsp3) is 0.917. The smallest absolute Gasteiger partial charge is 0.151 e. The van der Waals surface area contributed by atoms with E-state index in [1.807, 2.05) is 0 Å². The number of aldehydes is 1. The topological polar surface area (TPSA) is 26.3 Å². The van der Waals surface area contributed by atoms with Crippen LogP contribution < -0.4 is 0 Å². The Balaban J connectivity index is 2.57. The van der Waals surface area contributed by atoms with Gasteiger partial charge in [0.1, 0.15) is 5.60 Å². The Morgan fingerprint density at radius 2 is 2.14 bits per heavy atom. The van der Waals surface area contributed by atoms with Crippen molar-refractivity contribution in [2.45, 2.75) is 52.1 Å². The van der Waals surface area contributed by atoms with E-state index in [4.69, 9.17) is 4.74 Å². The first-order valence-electron chi connectivity index (χ1n) is 5.74. The SMILES string of the molecule is CCCOC1(C=O)CCC(C)C(C)C1. The van der Waals surface area contributed by atoms with Crippen LogP contribution in [0, 0.1) is 11.8 Å². The van der Waals surface area contributed by atoms with E-state index in [2.05, 4.69) is 20.8 Å². The van der Waals surface area contributed by atoms with Gasteiger partial charge < -0.3 is 9.53 Å². The van der Waals surface area contributed by atoms with E-state index >= 15 is 0 Å². The van der Waals surface area contributed by atoms with Gasteiger partial charge in [-0.25, -0.2) is 0 Å². The van der Waals surface area contributed by atoms with E-state index in [-0.39, 0.29) is 0 Å². The van der Waals surface area contributed by atoms with Crippen molar-refractivity contribution >= 4 is 6.29 Å². The summed E-state index contributed by atoms with van der Waals surface area (Å²) in [5.41, 5.74) is -0.456. The summed E-state index contributed by atoms with van der Waals surface area (Å²) in [6.07, 6.45) is 4.94. The van der Waals surface area contributed by atoms with E-state index < -0.39 is 5.60 Å². The molecule has 1 fully saturated rings. The summed E-state index contributed by atoms with van der Waals surface area (Å²) in [6, 6.07) is 0. The van der Waals surface area contributed by atoms with Crippen LogP contribution in [0.5, 0.6) is 0 Å². The van der Waals surface area contributed by atoms with Gasteiger partial charge in [-0.1, -0.05) is 20.8 Å². The summed E-state index contributed by atoms with van der Waals surface area (Å²) in [6.45, 7) is 7.27. The van der Waals surface area contributed by atoms with Gasteiger partial charge in [-0.15, -0.1) is 0 Å². The molecule has 3 unspecified atom stereocenters. The third kappa shape index (κ3) is 2.57. The Morgan fingerprint density at radius 1 is 1.43 bits per heavy atom. The number of carbonyl (C=O) groups is 1. The highest BCUT2D eigenvalue weighted by Crippen LogP contribution is 2.37. The van der Waals surface area contributed by atoms with Crippen LogP contribution in [0.3, 0.4) is 0 Å². The average molecular weight is 198 g/mol. The number of hydrogen-bond donors (Lipinski definition) is 0. The maximum absolute atomic E-state index is 11.1. The van der Waals surface area contributed by atoms with Gasteiger partial charge in [0.05, 0.1) is 0 Å². The molecule has 0 heterocycles. The zero-order chi connectivity index (χ0) is 10.6. The Hall–Kier alpha value is -0.370. The van der Waals surface area contributed by atoms with Crippen molar-refractivity contribution < 1.29 is 9.53 Å². The molecule has 1 saturated carbocycles. The van der Waals surface area contributed by atoms with Crippen LogP contribution in [0.15, 0.2) is 0 Å². The molecule has 1 aliphatic carbocycles. The van der Waals surface area contributed by atoms with Crippen molar-refractivity contribution in [3.63, 3.8) is 0 Å². The Labute approximate surface area is 87.0 Å². The summed E-state index contributed by atoms with van der Waals surface area (Å²) in [5.74, 6) is 1.33. The van der Waals surface area contributed by atoms with E-state index in [1.165, 1.54) is 0 Å². The average Bonchev–Trinajstić information content (AvgIpc) is 2.20. The first-order valence-corrected chi connectivity index (χ1v) is 5.74. The van der Waals surface area contributed by atoms with Gasteiger partial charge >= 0.3 is 0 Å². The van der Waals surface area contributed by atoms with Crippen molar-refractivity contribution in [1.29, 1.82) is 0 Å². The van der Waals surface area contributed by atoms with Crippen LogP contribution in [0.4, 0.5) is 0 Å². The van der Waals surface area contributed by atoms with Crippen LogP contribution in [-0.2, 0) is 9.53 Å². The first-order chi connectivity index (χ1) is 6.63. The molecule has 2 nitrogen and oxygen atoms in total. The normalized spacial score (nSPS) is 38.2. The monoisotopic (exact) mass is 198 g/mol. The fourth-order valence-electron chi connectivity index (χ4n) is 2.18. The van der Waals surface area contributed by atoms with Crippen molar-refractivity contribution in [3.05, 3.63) is 0 Å². The Morgan fingerprint density at radius 3 is 2.64 bits per heavy atom. The molecular weight excluding hydrogens is 176 g/mol. The van der Waals surface area contributed by atoms with Crippen LogP contribution in [0.2, 0.25) is 0 Å². The largest absolute Gasteiger partial charge is 0.368 e. The quantitative estimate of drug-likeness (QED) is 0.649. The van der Waals surface area contributed by atoms with Gasteiger partial charge in [-0.05, 0) is 37.5 Å². The lowest BCUT2D eigenvalue weighted by Crippen LogP contribution is -2.42. The Bertz CT molecular complexity index is 187. The standard InChI is InChI=1S/C12H22O2/c1-4-7-14-12(9-13)6-5-10(2)11(3)8-12/h9-11H,4-8H2,1-3H3. The zero-order valence-corrected chi connectivity index (χ0v) is 9.58. The minimum Gasteiger partial charge on any atom is -0.368 e. The lowest BCUT2D eigenvalue weighted by molar-refractivity contribution is -0.140. The van der Waals surface area contributed by atoms with Gasteiger partial charge in [0.25, 0.3) is 0 Å². The molecule has 0 saturated heterocycles. The first kappa shape index (κ1) is 11.7. The fourth-order valence-corrected chi connectivity index (χ4v) is 2.18. The van der Waals surface area contributed by atoms with Gasteiger partial charge in [0.2, 0.25) is 0 Å². The van der Waals surface area contributed by atoms with E-state index in [1.54, 1.807) is 0 Å². The lowest BCUT2D eigenvalue weighted by Gasteiger charge is -2.38. The molecule has 0 amide bonds. The second kappa shape index (κ2) is 4.92. The Kier molecular flexibility index (Phi) is 4.11. The maximum atomic E-state index is 11.1. The van der Waals surface area contributed by atoms with Crippen LogP contribution >= 0.6 is 0 Å². The minimum absolute atomic E-state index is 0.456. The summed E-state index contributed by atoms with van der Waals surface area (Å²) in [7, 11) is 0. The second-order valence-corrected chi connectivity index (χ2v) is 4.73. The molecule has 14 heavy (non-hydrogen) atoms. The molecule has 2 heteroatoms. The zero-order valence-electron chi connectivity index (χ0n) is 9.58. The molecule has 82 valence electrons. The van der Waals surface area contributed by atoms with E-state index in [9.17, 15) is 4.79 Å². The van der Waals surface area contributed by atoms with Crippen LogP contribution in [0.1, 0.15) is 46.5 Å².